The molecule has 1 rings (SSSR count). The van der Waals surface area contributed by atoms with Gasteiger partial charge in [0.2, 0.25) is 0 Å². The van der Waals surface area contributed by atoms with Gasteiger partial charge in [-0.25, -0.2) is 4.79 Å². The van der Waals surface area contributed by atoms with Gasteiger partial charge < -0.3 is 15.7 Å². The van der Waals surface area contributed by atoms with E-state index in [1.807, 2.05) is 0 Å². The number of rotatable bonds is 6. The molecule has 2 amide bonds. The van der Waals surface area contributed by atoms with E-state index in [0.717, 1.165) is 6.54 Å². The maximum absolute atomic E-state index is 11.2. The van der Waals surface area contributed by atoms with Gasteiger partial charge in [0.15, 0.2) is 0 Å². The minimum Gasteiger partial charge on any atom is -0.481 e. The normalized spacial score (nSPS) is 15.5. The first-order valence-electron chi connectivity index (χ1n) is 5.42. The third-order valence-electron chi connectivity index (χ3n) is 2.63. The molecule has 0 saturated heterocycles. The van der Waals surface area contributed by atoms with Gasteiger partial charge in [0, 0.05) is 19.5 Å². The highest BCUT2D eigenvalue weighted by atomic mass is 16.4. The number of carboxylic acids is 1. The summed E-state index contributed by atoms with van der Waals surface area (Å²) in [5.74, 6) is -0.179. The quantitative estimate of drug-likeness (QED) is 0.576. The van der Waals surface area contributed by atoms with Crippen molar-refractivity contribution in [3.8, 4) is 0 Å². The van der Waals surface area contributed by atoms with Crippen molar-refractivity contribution in [1.82, 2.24) is 10.6 Å². The number of urea groups is 1. The zero-order chi connectivity index (χ0) is 11.1. The number of carbonyl (C=O) groups excluding carboxylic acids is 1. The Morgan fingerprint density at radius 1 is 1.27 bits per heavy atom. The number of amides is 2. The fourth-order valence-corrected chi connectivity index (χ4v) is 1.44. The van der Waals surface area contributed by atoms with Crippen LogP contribution in [0, 0.1) is 5.92 Å². The Bertz CT molecular complexity index is 227. The second-order valence-electron chi connectivity index (χ2n) is 3.93. The van der Waals surface area contributed by atoms with Crippen molar-refractivity contribution in [3.63, 3.8) is 0 Å². The lowest BCUT2D eigenvalue weighted by molar-refractivity contribution is -0.137. The van der Waals surface area contributed by atoms with Crippen molar-refractivity contribution in [3.05, 3.63) is 0 Å². The molecule has 0 unspecified atom stereocenters. The Kier molecular flexibility index (Phi) is 4.93. The maximum atomic E-state index is 11.2. The Balaban J connectivity index is 1.91. The maximum Gasteiger partial charge on any atom is 0.314 e. The molecular weight excluding hydrogens is 196 g/mol. The first-order chi connectivity index (χ1) is 7.18. The van der Waals surface area contributed by atoms with Crippen molar-refractivity contribution in [2.45, 2.75) is 32.1 Å². The minimum atomic E-state index is -0.827. The molecule has 1 aliphatic carbocycles. The molecule has 0 aliphatic heterocycles. The molecule has 3 N–H and O–H groups in total. The van der Waals surface area contributed by atoms with Crippen LogP contribution in [-0.2, 0) is 4.79 Å². The molecule has 0 aromatic heterocycles. The van der Waals surface area contributed by atoms with E-state index in [9.17, 15) is 9.59 Å². The van der Waals surface area contributed by atoms with Crippen LogP contribution in [0.5, 0.6) is 0 Å². The van der Waals surface area contributed by atoms with Crippen molar-refractivity contribution < 1.29 is 14.7 Å². The van der Waals surface area contributed by atoms with Crippen molar-refractivity contribution in [2.24, 2.45) is 5.92 Å². The molecule has 1 fully saturated rings. The van der Waals surface area contributed by atoms with Gasteiger partial charge in [0.05, 0.1) is 0 Å². The first kappa shape index (κ1) is 11.8. The summed E-state index contributed by atoms with van der Waals surface area (Å²) in [5, 5.41) is 13.8. The summed E-state index contributed by atoms with van der Waals surface area (Å²) >= 11 is 0. The third kappa shape index (κ3) is 5.24. The van der Waals surface area contributed by atoms with Gasteiger partial charge in [-0.3, -0.25) is 4.79 Å². The average molecular weight is 214 g/mol. The first-order valence-corrected chi connectivity index (χ1v) is 5.42. The summed E-state index contributed by atoms with van der Waals surface area (Å²) in [6.45, 7) is 1.16. The third-order valence-corrected chi connectivity index (χ3v) is 2.63. The van der Waals surface area contributed by atoms with E-state index in [1.165, 1.54) is 19.3 Å². The molecule has 1 aliphatic rings. The van der Waals surface area contributed by atoms with E-state index >= 15 is 0 Å². The van der Waals surface area contributed by atoms with Gasteiger partial charge in [-0.15, -0.1) is 0 Å². The van der Waals surface area contributed by atoms with Crippen molar-refractivity contribution >= 4 is 12.0 Å². The zero-order valence-electron chi connectivity index (χ0n) is 8.79. The average Bonchev–Trinajstić information content (AvgIpc) is 2.09. The van der Waals surface area contributed by atoms with Crippen molar-refractivity contribution in [1.29, 1.82) is 0 Å². The lowest BCUT2D eigenvalue weighted by atomic mass is 9.85. The van der Waals surface area contributed by atoms with Gasteiger partial charge in [-0.1, -0.05) is 6.42 Å². The second-order valence-corrected chi connectivity index (χ2v) is 3.93. The Hall–Kier alpha value is -1.26. The summed E-state index contributed by atoms with van der Waals surface area (Å²) in [6.07, 6.45) is 4.26. The summed E-state index contributed by atoms with van der Waals surface area (Å²) in [5.41, 5.74) is 0. The molecule has 0 aromatic carbocycles. The molecule has 0 atom stereocenters. The second kappa shape index (κ2) is 6.27. The fourth-order valence-electron chi connectivity index (χ4n) is 1.44. The van der Waals surface area contributed by atoms with Gasteiger partial charge in [-0.05, 0) is 25.2 Å². The van der Waals surface area contributed by atoms with Crippen LogP contribution in [0.15, 0.2) is 0 Å². The highest BCUT2D eigenvalue weighted by molar-refractivity contribution is 5.73. The van der Waals surface area contributed by atoms with Gasteiger partial charge in [0.1, 0.15) is 0 Å². The van der Waals surface area contributed by atoms with Crippen LogP contribution in [0.25, 0.3) is 0 Å². The van der Waals surface area contributed by atoms with Crippen LogP contribution in [0.2, 0.25) is 0 Å². The number of nitrogens with one attached hydrogen (secondary N) is 2. The van der Waals surface area contributed by atoms with Gasteiger partial charge >= 0.3 is 12.0 Å². The minimum absolute atomic E-state index is 0.100. The molecule has 0 aromatic rings. The van der Waals surface area contributed by atoms with Gasteiger partial charge in [-0.2, -0.15) is 0 Å². The zero-order valence-corrected chi connectivity index (χ0v) is 8.79. The number of aliphatic carboxylic acids is 1. The van der Waals surface area contributed by atoms with Crippen molar-refractivity contribution in [2.75, 3.05) is 13.1 Å². The Morgan fingerprint density at radius 3 is 2.53 bits per heavy atom. The monoisotopic (exact) mass is 214 g/mol. The molecule has 5 heteroatoms. The van der Waals surface area contributed by atoms with E-state index < -0.39 is 5.97 Å². The molecule has 0 heterocycles. The van der Waals surface area contributed by atoms with E-state index in [1.54, 1.807) is 0 Å². The Morgan fingerprint density at radius 2 is 2.00 bits per heavy atom. The molecule has 1 saturated carbocycles. The van der Waals surface area contributed by atoms with E-state index in [0.29, 0.717) is 18.9 Å². The van der Waals surface area contributed by atoms with Crippen LogP contribution in [0.3, 0.4) is 0 Å². The van der Waals surface area contributed by atoms with Crippen LogP contribution >= 0.6 is 0 Å². The molecular formula is C10H18N2O3. The van der Waals surface area contributed by atoms with Crippen LogP contribution < -0.4 is 10.6 Å². The summed E-state index contributed by atoms with van der Waals surface area (Å²) < 4.78 is 0. The predicted molar refractivity (Wildman–Crippen MR) is 55.6 cm³/mol. The smallest absolute Gasteiger partial charge is 0.314 e. The highest BCUT2D eigenvalue weighted by Crippen LogP contribution is 2.24. The Labute approximate surface area is 89.2 Å². The number of carboxylic acid groups (broad SMARTS) is 1. The molecule has 5 nitrogen and oxygen atoms in total. The van der Waals surface area contributed by atoms with E-state index in [4.69, 9.17) is 5.11 Å². The highest BCUT2D eigenvalue weighted by Gasteiger charge is 2.17. The summed E-state index contributed by atoms with van der Waals surface area (Å²) in [4.78, 5) is 21.3. The van der Waals surface area contributed by atoms with Crippen LogP contribution in [-0.4, -0.2) is 30.2 Å². The predicted octanol–water partition coefficient (Wildman–Crippen LogP) is 0.950. The summed E-state index contributed by atoms with van der Waals surface area (Å²) in [7, 11) is 0. The molecule has 0 radical (unpaired) electrons. The molecule has 0 spiro atoms. The van der Waals surface area contributed by atoms with Crippen LogP contribution in [0.4, 0.5) is 4.79 Å². The number of carbonyl (C=O) groups is 2. The lowest BCUT2D eigenvalue weighted by Gasteiger charge is -2.25. The SMILES string of the molecule is O=C(O)CCCNC(=O)NCC1CCC1. The number of hydrogen-bond donors (Lipinski definition) is 3. The molecule has 86 valence electrons. The van der Waals surface area contributed by atoms with Crippen LogP contribution in [0.1, 0.15) is 32.1 Å². The van der Waals surface area contributed by atoms with Gasteiger partial charge in [0.25, 0.3) is 0 Å². The summed E-state index contributed by atoms with van der Waals surface area (Å²) in [6, 6.07) is -0.188. The lowest BCUT2D eigenvalue weighted by Crippen LogP contribution is -2.39. The molecule has 0 bridgehead atoms. The van der Waals surface area contributed by atoms with E-state index in [-0.39, 0.29) is 12.5 Å². The largest absolute Gasteiger partial charge is 0.481 e. The van der Waals surface area contributed by atoms with E-state index in [2.05, 4.69) is 10.6 Å². The molecule has 15 heavy (non-hydrogen) atoms. The topological polar surface area (TPSA) is 78.4 Å². The number of hydrogen-bond acceptors (Lipinski definition) is 2. The standard InChI is InChI=1S/C10H18N2O3/c13-9(14)5-2-6-11-10(15)12-7-8-3-1-4-8/h8H,1-7H2,(H,13,14)(H2,11,12,15). The fraction of sp³-hybridized carbons (Fsp3) is 0.800.